The summed E-state index contributed by atoms with van der Waals surface area (Å²) in [4.78, 5) is 12.3. The molecule has 1 aliphatic heterocycles. The van der Waals surface area contributed by atoms with Gasteiger partial charge in [0, 0.05) is 6.42 Å². The van der Waals surface area contributed by atoms with Gasteiger partial charge in [0.1, 0.15) is 11.9 Å². The number of carbonyl (C=O) groups excluding carboxylic acids is 1. The number of ether oxygens (including phenoxy) is 1. The van der Waals surface area contributed by atoms with E-state index < -0.39 is 0 Å². The van der Waals surface area contributed by atoms with Gasteiger partial charge in [-0.3, -0.25) is 0 Å². The van der Waals surface area contributed by atoms with E-state index in [1.54, 1.807) is 4.90 Å². The van der Waals surface area contributed by atoms with Gasteiger partial charge in [-0.25, -0.2) is 4.79 Å². The largest absolute Gasteiger partial charge is 0.491 e. The summed E-state index contributed by atoms with van der Waals surface area (Å²) in [6.07, 6.45) is 9.04. The van der Waals surface area contributed by atoms with E-state index in [1.165, 1.54) is 5.57 Å². The Balaban J connectivity index is 1.82. The number of rotatable bonds is 2. The highest BCUT2D eigenvalue weighted by Crippen LogP contribution is 2.19. The van der Waals surface area contributed by atoms with E-state index in [4.69, 9.17) is 10.5 Å². The lowest BCUT2D eigenvalue weighted by Crippen LogP contribution is -2.56. The molecule has 1 aliphatic carbocycles. The molecule has 0 unspecified atom stereocenters. The van der Waals surface area contributed by atoms with Crippen LogP contribution in [-0.2, 0) is 4.74 Å². The highest BCUT2D eigenvalue weighted by Gasteiger charge is 2.31. The maximum absolute atomic E-state index is 10.8. The van der Waals surface area contributed by atoms with Gasteiger partial charge in [-0.1, -0.05) is 23.8 Å². The number of urea groups is 1. The fraction of sp³-hybridized carbons (Fsp3) is 0.417. The van der Waals surface area contributed by atoms with Crippen molar-refractivity contribution in [2.24, 2.45) is 5.73 Å². The van der Waals surface area contributed by atoms with Crippen molar-refractivity contribution >= 4 is 6.03 Å². The summed E-state index contributed by atoms with van der Waals surface area (Å²) in [5.41, 5.74) is 6.37. The van der Waals surface area contributed by atoms with Crippen LogP contribution in [0.2, 0.25) is 0 Å². The van der Waals surface area contributed by atoms with E-state index in [-0.39, 0.29) is 12.1 Å². The van der Waals surface area contributed by atoms with Crippen LogP contribution in [0.15, 0.2) is 35.6 Å². The zero-order valence-electron chi connectivity index (χ0n) is 9.35. The molecule has 4 nitrogen and oxygen atoms in total. The molecule has 0 atom stereocenters. The smallest absolute Gasteiger partial charge is 0.315 e. The molecule has 4 heteroatoms. The summed E-state index contributed by atoms with van der Waals surface area (Å²) in [7, 11) is 0. The molecule has 86 valence electrons. The average Bonchev–Trinajstić information content (AvgIpc) is 2.35. The summed E-state index contributed by atoms with van der Waals surface area (Å²) in [6.45, 7) is 3.25. The van der Waals surface area contributed by atoms with Crippen molar-refractivity contribution < 1.29 is 9.53 Å². The van der Waals surface area contributed by atoms with Crippen LogP contribution in [0.5, 0.6) is 0 Å². The quantitative estimate of drug-likeness (QED) is 0.767. The third-order valence-electron chi connectivity index (χ3n) is 2.74. The topological polar surface area (TPSA) is 55.6 Å². The van der Waals surface area contributed by atoms with Crippen LogP contribution in [-0.4, -0.2) is 30.1 Å². The number of hydrogen-bond acceptors (Lipinski definition) is 2. The third-order valence-corrected chi connectivity index (χ3v) is 2.74. The number of amides is 2. The number of likely N-dealkylation sites (tertiary alicyclic amines) is 1. The Morgan fingerprint density at radius 3 is 3.00 bits per heavy atom. The monoisotopic (exact) mass is 220 g/mol. The fourth-order valence-corrected chi connectivity index (χ4v) is 1.70. The summed E-state index contributed by atoms with van der Waals surface area (Å²) in [5, 5.41) is 0. The minimum absolute atomic E-state index is 0.0963. The first kappa shape index (κ1) is 10.8. The van der Waals surface area contributed by atoms with Gasteiger partial charge in [-0.05, 0) is 13.0 Å². The summed E-state index contributed by atoms with van der Waals surface area (Å²) < 4.78 is 5.75. The number of hydrogen-bond donors (Lipinski definition) is 1. The first-order valence-corrected chi connectivity index (χ1v) is 5.40. The van der Waals surface area contributed by atoms with Crippen LogP contribution >= 0.6 is 0 Å². The molecule has 2 rings (SSSR count). The molecular formula is C12H16N2O2. The van der Waals surface area contributed by atoms with Crippen LogP contribution in [0.3, 0.4) is 0 Å². The molecule has 1 fully saturated rings. The molecule has 2 N–H and O–H groups in total. The molecule has 0 aromatic heterocycles. The molecule has 16 heavy (non-hydrogen) atoms. The Morgan fingerprint density at radius 1 is 1.56 bits per heavy atom. The van der Waals surface area contributed by atoms with Crippen LogP contribution in [0.25, 0.3) is 0 Å². The van der Waals surface area contributed by atoms with Crippen molar-refractivity contribution in [3.63, 3.8) is 0 Å². The Bertz CT molecular complexity index is 374. The van der Waals surface area contributed by atoms with Gasteiger partial charge in [0.15, 0.2) is 0 Å². The van der Waals surface area contributed by atoms with E-state index in [1.807, 2.05) is 18.2 Å². The van der Waals surface area contributed by atoms with Gasteiger partial charge in [-0.15, -0.1) is 0 Å². The number of allylic oxidation sites excluding steroid dienone is 5. The number of nitrogens with zero attached hydrogens (tertiary/aromatic N) is 1. The Morgan fingerprint density at radius 2 is 2.31 bits per heavy atom. The normalized spacial score (nSPS) is 20.7. The van der Waals surface area contributed by atoms with Crippen LogP contribution in [0.4, 0.5) is 4.79 Å². The van der Waals surface area contributed by atoms with E-state index in [9.17, 15) is 4.79 Å². The molecule has 0 saturated carbocycles. The Kier molecular flexibility index (Phi) is 2.99. The Hall–Kier alpha value is -1.71. The zero-order chi connectivity index (χ0) is 11.5. The Labute approximate surface area is 95.0 Å². The molecular weight excluding hydrogens is 204 g/mol. The van der Waals surface area contributed by atoms with E-state index in [2.05, 4.69) is 13.0 Å². The maximum atomic E-state index is 10.8. The summed E-state index contributed by atoms with van der Waals surface area (Å²) in [6, 6.07) is -0.370. The standard InChI is InChI=1S/C12H16N2O2/c1-9-3-2-4-10(6-5-9)16-11-7-14(8-11)12(13)15/h2-5,11H,6-8H2,1H3,(H2,13,15). The zero-order valence-corrected chi connectivity index (χ0v) is 9.35. The fourth-order valence-electron chi connectivity index (χ4n) is 1.70. The second kappa shape index (κ2) is 4.43. The lowest BCUT2D eigenvalue weighted by atomic mass is 10.2. The van der Waals surface area contributed by atoms with Crippen molar-refractivity contribution in [2.75, 3.05) is 13.1 Å². The minimum Gasteiger partial charge on any atom is -0.491 e. The maximum Gasteiger partial charge on any atom is 0.315 e. The SMILES string of the molecule is CC1=CCC(OC2CN(C(N)=O)C2)=CC=C1. The third kappa shape index (κ3) is 2.45. The molecule has 0 radical (unpaired) electrons. The molecule has 0 aromatic carbocycles. The van der Waals surface area contributed by atoms with Crippen molar-refractivity contribution in [3.8, 4) is 0 Å². The van der Waals surface area contributed by atoms with Gasteiger partial charge in [0.25, 0.3) is 0 Å². The molecule has 0 aromatic rings. The van der Waals surface area contributed by atoms with Gasteiger partial charge >= 0.3 is 6.03 Å². The molecule has 1 saturated heterocycles. The first-order valence-electron chi connectivity index (χ1n) is 5.40. The molecule has 2 amide bonds. The number of nitrogens with two attached hydrogens (primary N) is 1. The molecule has 2 aliphatic rings. The molecule has 1 heterocycles. The number of carbonyl (C=O) groups is 1. The van der Waals surface area contributed by atoms with Crippen LogP contribution in [0.1, 0.15) is 13.3 Å². The summed E-state index contributed by atoms with van der Waals surface area (Å²) in [5.74, 6) is 0.947. The van der Waals surface area contributed by atoms with Gasteiger partial charge in [0.2, 0.25) is 0 Å². The predicted molar refractivity (Wildman–Crippen MR) is 61.6 cm³/mol. The number of primary amides is 1. The highest BCUT2D eigenvalue weighted by molar-refractivity contribution is 5.73. The predicted octanol–water partition coefficient (Wildman–Crippen LogP) is 1.56. The second-order valence-electron chi connectivity index (χ2n) is 4.13. The average molecular weight is 220 g/mol. The highest BCUT2D eigenvalue weighted by atomic mass is 16.5. The van der Waals surface area contributed by atoms with E-state index in [0.29, 0.717) is 13.1 Å². The lowest BCUT2D eigenvalue weighted by molar-refractivity contribution is 0.00119. The molecule has 0 spiro atoms. The van der Waals surface area contributed by atoms with Crippen molar-refractivity contribution in [1.82, 2.24) is 4.90 Å². The summed E-state index contributed by atoms with van der Waals surface area (Å²) >= 11 is 0. The van der Waals surface area contributed by atoms with E-state index in [0.717, 1.165) is 12.2 Å². The van der Waals surface area contributed by atoms with Gasteiger partial charge in [0.05, 0.1) is 13.1 Å². The molecule has 0 bridgehead atoms. The lowest BCUT2D eigenvalue weighted by Gasteiger charge is -2.38. The van der Waals surface area contributed by atoms with Crippen molar-refractivity contribution in [1.29, 1.82) is 0 Å². The van der Waals surface area contributed by atoms with E-state index >= 15 is 0 Å². The second-order valence-corrected chi connectivity index (χ2v) is 4.13. The van der Waals surface area contributed by atoms with Crippen molar-refractivity contribution in [3.05, 3.63) is 35.6 Å². The van der Waals surface area contributed by atoms with Gasteiger partial charge < -0.3 is 15.4 Å². The van der Waals surface area contributed by atoms with Crippen LogP contribution in [0, 0.1) is 0 Å². The van der Waals surface area contributed by atoms with Gasteiger partial charge in [-0.2, -0.15) is 0 Å². The van der Waals surface area contributed by atoms with Crippen LogP contribution < -0.4 is 5.73 Å². The van der Waals surface area contributed by atoms with Crippen molar-refractivity contribution in [2.45, 2.75) is 19.4 Å². The first-order chi connectivity index (χ1) is 7.65. The minimum atomic E-state index is -0.370.